The van der Waals surface area contributed by atoms with Gasteiger partial charge in [-0.25, -0.2) is 8.89 Å². The molecule has 0 radical (unpaired) electrons. The largest absolute Gasteiger partial charge is 0.491 e. The van der Waals surface area contributed by atoms with Gasteiger partial charge in [-0.1, -0.05) is 11.3 Å². The van der Waals surface area contributed by atoms with Crippen LogP contribution in [0.25, 0.3) is 0 Å². The molecule has 2 aromatic rings. The Morgan fingerprint density at radius 2 is 1.78 bits per heavy atom. The number of aryl methyl sites for hydroxylation is 1. The van der Waals surface area contributed by atoms with Gasteiger partial charge in [0.25, 0.3) is 16.0 Å². The van der Waals surface area contributed by atoms with Crippen molar-refractivity contribution in [3.63, 3.8) is 0 Å². The summed E-state index contributed by atoms with van der Waals surface area (Å²) >= 11 is 0. The number of hydrogen-bond acceptors (Lipinski definition) is 9. The molecule has 1 aromatic carbocycles. The minimum atomic E-state index is -5.11. The lowest BCUT2D eigenvalue weighted by atomic mass is 10.2. The van der Waals surface area contributed by atoms with E-state index in [1.54, 1.807) is 11.8 Å². The van der Waals surface area contributed by atoms with E-state index in [0.29, 0.717) is 25.2 Å². The van der Waals surface area contributed by atoms with E-state index in [9.17, 15) is 30.7 Å². The van der Waals surface area contributed by atoms with Gasteiger partial charge in [-0.05, 0) is 37.8 Å². The molecule has 0 aliphatic heterocycles. The topological polar surface area (TPSA) is 107 Å². The number of halogens is 6. The van der Waals surface area contributed by atoms with Crippen LogP contribution in [-0.2, 0) is 27.4 Å². The molecule has 0 fully saturated rings. The third kappa shape index (κ3) is 8.02. The van der Waals surface area contributed by atoms with Crippen molar-refractivity contribution in [2.24, 2.45) is 14.6 Å². The second-order valence-corrected chi connectivity index (χ2v) is 9.09. The van der Waals surface area contributed by atoms with Crippen molar-refractivity contribution in [2.75, 3.05) is 24.6 Å². The van der Waals surface area contributed by atoms with Crippen molar-refractivity contribution in [2.45, 2.75) is 59.0 Å². The number of azo groups is 1. The van der Waals surface area contributed by atoms with Gasteiger partial charge in [-0.2, -0.15) is 36.4 Å². The summed E-state index contributed by atoms with van der Waals surface area (Å²) in [6, 6.07) is 2.48. The number of anilines is 1. The Kier molecular flexibility index (Phi) is 10.7. The van der Waals surface area contributed by atoms with Gasteiger partial charge in [0, 0.05) is 25.7 Å². The van der Waals surface area contributed by atoms with Crippen molar-refractivity contribution in [3.05, 3.63) is 18.0 Å². The van der Waals surface area contributed by atoms with Gasteiger partial charge >= 0.3 is 11.9 Å². The summed E-state index contributed by atoms with van der Waals surface area (Å²) in [5.41, 5.74) is -0.402. The van der Waals surface area contributed by atoms with Crippen LogP contribution in [0.1, 0.15) is 39.9 Å². The number of hydrogen-bond donors (Lipinski definition) is 0. The fraction of sp³-hybridized carbons (Fsp3) is 0.600. The Morgan fingerprint density at radius 3 is 2.30 bits per heavy atom. The first-order chi connectivity index (χ1) is 17.4. The van der Waals surface area contributed by atoms with Gasteiger partial charge < -0.3 is 9.64 Å². The predicted octanol–water partition coefficient (Wildman–Crippen LogP) is 6.59. The van der Waals surface area contributed by atoms with E-state index in [0.717, 1.165) is 4.68 Å². The molecule has 0 aliphatic carbocycles. The lowest BCUT2D eigenvalue weighted by Crippen LogP contribution is -2.22. The van der Waals surface area contributed by atoms with Gasteiger partial charge in [0.15, 0.2) is 5.82 Å². The molecular weight excluding hydrogens is 532 g/mol. The van der Waals surface area contributed by atoms with Crippen LogP contribution in [0.2, 0.25) is 0 Å². The van der Waals surface area contributed by atoms with Crippen LogP contribution in [0.3, 0.4) is 0 Å². The van der Waals surface area contributed by atoms with Gasteiger partial charge in [0.1, 0.15) is 23.5 Å². The van der Waals surface area contributed by atoms with Crippen molar-refractivity contribution >= 4 is 33.0 Å². The molecule has 0 amide bonds. The molecule has 0 spiro atoms. The smallest absolute Gasteiger partial charge is 0.396 e. The van der Waals surface area contributed by atoms with Crippen LogP contribution >= 0.6 is 0 Å². The maximum absolute atomic E-state index is 13.3. The molecule has 208 valence electrons. The lowest BCUT2D eigenvalue weighted by molar-refractivity contribution is -0.128. The second kappa shape index (κ2) is 13.0. The van der Waals surface area contributed by atoms with Crippen LogP contribution in [0.15, 0.2) is 26.7 Å². The molecule has 2 rings (SSSR count). The maximum Gasteiger partial charge on any atom is 0.396 e. The molecule has 0 bridgehead atoms. The second-order valence-electron chi connectivity index (χ2n) is 7.40. The molecule has 0 saturated heterocycles. The standard InChI is InChI=1S/C20H27F6N7O3S/c1-5-9-35-16-11-13(28-29-19-27-17(12-20(23,24)25)30-33(19)8-4)14(10-15(16)32(6-2)7-3)31-37(34,36-26)18(21)22/h10-11,18H,5-9,12H2,1-4H3. The number of rotatable bonds is 13. The van der Waals surface area contributed by atoms with Gasteiger partial charge in [0.05, 0.1) is 12.3 Å². The molecule has 0 aliphatic rings. The minimum absolute atomic E-state index is 0.0943. The molecule has 1 atom stereocenters. The average Bonchev–Trinajstić information content (AvgIpc) is 3.22. The summed E-state index contributed by atoms with van der Waals surface area (Å²) in [5, 5.41) is 11.4. The van der Waals surface area contributed by atoms with E-state index in [2.05, 4.69) is 29.1 Å². The van der Waals surface area contributed by atoms with Crippen molar-refractivity contribution < 1.29 is 39.8 Å². The fourth-order valence-corrected chi connectivity index (χ4v) is 3.66. The van der Waals surface area contributed by atoms with Gasteiger partial charge in [0.2, 0.25) is 0 Å². The molecule has 1 heterocycles. The third-order valence-corrected chi connectivity index (χ3v) is 5.85. The number of nitrogens with zero attached hydrogens (tertiary/aromatic N) is 7. The first-order valence-electron chi connectivity index (χ1n) is 11.2. The Hall–Kier alpha value is -2.95. The highest BCUT2D eigenvalue weighted by Crippen LogP contribution is 2.42. The monoisotopic (exact) mass is 559 g/mol. The summed E-state index contributed by atoms with van der Waals surface area (Å²) in [4.78, 5) is 5.49. The molecule has 0 N–H and O–H groups in total. The number of benzene rings is 1. The molecule has 37 heavy (non-hydrogen) atoms. The van der Waals surface area contributed by atoms with Gasteiger partial charge in [-0.15, -0.1) is 10.2 Å². The highest BCUT2D eigenvalue weighted by Gasteiger charge is 2.31. The zero-order valence-electron chi connectivity index (χ0n) is 20.5. The normalized spacial score (nSPS) is 13.8. The van der Waals surface area contributed by atoms with E-state index in [1.165, 1.54) is 12.1 Å². The zero-order chi connectivity index (χ0) is 27.8. The minimum Gasteiger partial charge on any atom is -0.491 e. The van der Waals surface area contributed by atoms with Crippen LogP contribution < -0.4 is 9.64 Å². The van der Waals surface area contributed by atoms with Crippen molar-refractivity contribution in [3.8, 4) is 5.75 Å². The quantitative estimate of drug-likeness (QED) is 0.202. The maximum atomic E-state index is 13.3. The highest BCUT2D eigenvalue weighted by molar-refractivity contribution is 7.89. The Labute approximate surface area is 210 Å². The average molecular weight is 560 g/mol. The Bertz CT molecular complexity index is 1190. The lowest BCUT2D eigenvalue weighted by Gasteiger charge is -2.24. The Balaban J connectivity index is 2.74. The van der Waals surface area contributed by atoms with E-state index in [1.807, 2.05) is 20.8 Å². The first-order valence-corrected chi connectivity index (χ1v) is 12.7. The summed E-state index contributed by atoms with van der Waals surface area (Å²) in [5.74, 6) is -4.42. The van der Waals surface area contributed by atoms with Crippen LogP contribution in [-0.4, -0.2) is 50.6 Å². The predicted molar refractivity (Wildman–Crippen MR) is 124 cm³/mol. The third-order valence-electron chi connectivity index (χ3n) is 4.76. The molecule has 0 saturated carbocycles. The molecule has 17 heteroatoms. The summed E-state index contributed by atoms with van der Waals surface area (Å²) in [6.45, 7) is 8.37. The van der Waals surface area contributed by atoms with Crippen LogP contribution in [0.4, 0.5) is 49.5 Å². The Morgan fingerprint density at radius 1 is 1.11 bits per heavy atom. The number of alkyl halides is 5. The van der Waals surface area contributed by atoms with E-state index >= 15 is 0 Å². The van der Waals surface area contributed by atoms with Crippen LogP contribution in [0.5, 0.6) is 5.75 Å². The van der Waals surface area contributed by atoms with E-state index in [-0.39, 0.29) is 30.5 Å². The molecule has 1 unspecified atom stereocenters. The van der Waals surface area contributed by atoms with Crippen LogP contribution in [0, 0.1) is 0 Å². The van der Waals surface area contributed by atoms with Crippen molar-refractivity contribution in [1.82, 2.24) is 14.8 Å². The number of aromatic nitrogens is 3. The van der Waals surface area contributed by atoms with Crippen molar-refractivity contribution in [1.29, 1.82) is 0 Å². The highest BCUT2D eigenvalue weighted by atomic mass is 32.2. The molecule has 10 nitrogen and oxygen atoms in total. The summed E-state index contributed by atoms with van der Waals surface area (Å²) in [7, 11) is -5.11. The summed E-state index contributed by atoms with van der Waals surface area (Å²) < 4.78 is 103. The summed E-state index contributed by atoms with van der Waals surface area (Å²) in [6.07, 6.45) is -5.34. The fourth-order valence-electron chi connectivity index (χ4n) is 3.08. The zero-order valence-corrected chi connectivity index (χ0v) is 21.3. The van der Waals surface area contributed by atoms with E-state index < -0.39 is 39.9 Å². The SMILES string of the molecule is CCCOc1cc(N=Nc2nc(CC(F)(F)F)nn2CC)c(N=S(=O)(OF)C(F)F)cc1N(CC)CC. The molecule has 1 aromatic heterocycles. The molecular formula is C20H27F6N7O3S. The van der Waals surface area contributed by atoms with Gasteiger partial charge in [-0.3, -0.25) is 0 Å². The number of ether oxygens (including phenoxy) is 1. The first kappa shape index (κ1) is 30.3. The van der Waals surface area contributed by atoms with E-state index in [4.69, 9.17) is 4.74 Å².